The molecule has 3 N–H and O–H groups in total. The maximum Gasteiger partial charge on any atom is 0.408 e. The van der Waals surface area contributed by atoms with Crippen molar-refractivity contribution < 1.29 is 29.0 Å². The fourth-order valence-electron chi connectivity index (χ4n) is 1.53. The van der Waals surface area contributed by atoms with Crippen LogP contribution in [0, 0.1) is 5.92 Å². The molecule has 0 spiro atoms. The van der Waals surface area contributed by atoms with Crippen LogP contribution >= 0.6 is 0 Å². The van der Waals surface area contributed by atoms with Crippen LogP contribution in [0.2, 0.25) is 0 Å². The molecule has 0 aromatic rings. The lowest BCUT2D eigenvalue weighted by molar-refractivity contribution is -0.142. The van der Waals surface area contributed by atoms with Gasteiger partial charge in [0.15, 0.2) is 0 Å². The lowest BCUT2D eigenvalue weighted by Crippen LogP contribution is -2.48. The molecule has 0 radical (unpaired) electrons. The van der Waals surface area contributed by atoms with Gasteiger partial charge in [0, 0.05) is 6.54 Å². The molecule has 0 saturated carbocycles. The normalized spacial score (nSPS) is 23.6. The third kappa shape index (κ3) is 5.02. The number of carbonyl (C=O) groups excluding carboxylic acids is 2. The Kier molecular flexibility index (Phi) is 4.57. The summed E-state index contributed by atoms with van der Waals surface area (Å²) >= 11 is 0. The van der Waals surface area contributed by atoms with E-state index in [4.69, 9.17) is 14.6 Å². The third-order valence-electron chi connectivity index (χ3n) is 2.37. The number of amides is 2. The van der Waals surface area contributed by atoms with Gasteiger partial charge in [-0.25, -0.2) is 9.59 Å². The molecule has 2 amide bonds. The zero-order valence-electron chi connectivity index (χ0n) is 11.1. The number of carbonyl (C=O) groups is 3. The highest BCUT2D eigenvalue weighted by Gasteiger charge is 2.34. The number of ether oxygens (including phenoxy) is 2. The molecule has 19 heavy (non-hydrogen) atoms. The fraction of sp³-hybridized carbons (Fsp3) is 0.727. The number of carboxylic acid groups (broad SMARTS) is 1. The average molecular weight is 274 g/mol. The summed E-state index contributed by atoms with van der Waals surface area (Å²) in [5.41, 5.74) is -0.692. The summed E-state index contributed by atoms with van der Waals surface area (Å²) in [7, 11) is 0. The minimum atomic E-state index is -1.13. The van der Waals surface area contributed by atoms with E-state index in [9.17, 15) is 14.4 Å². The molecule has 1 rings (SSSR count). The van der Waals surface area contributed by atoms with E-state index in [1.165, 1.54) is 0 Å². The molecule has 2 unspecified atom stereocenters. The van der Waals surface area contributed by atoms with E-state index in [-0.39, 0.29) is 13.2 Å². The summed E-state index contributed by atoms with van der Waals surface area (Å²) in [4.78, 5) is 33.7. The highest BCUT2D eigenvalue weighted by atomic mass is 16.6. The van der Waals surface area contributed by atoms with E-state index < -0.39 is 35.7 Å². The Balaban J connectivity index is 2.68. The maximum absolute atomic E-state index is 11.6. The minimum absolute atomic E-state index is 0.116. The second kappa shape index (κ2) is 5.77. The minimum Gasteiger partial charge on any atom is -0.481 e. The predicted octanol–water partition coefficient (Wildman–Crippen LogP) is 0.320. The number of hydrogen-bond acceptors (Lipinski definition) is 5. The van der Waals surface area contributed by atoms with E-state index in [1.807, 2.05) is 0 Å². The van der Waals surface area contributed by atoms with E-state index >= 15 is 0 Å². The van der Waals surface area contributed by atoms with Crippen molar-refractivity contribution >= 4 is 18.2 Å². The quantitative estimate of drug-likeness (QED) is 0.668. The first kappa shape index (κ1) is 15.1. The molecule has 8 heteroatoms. The molecule has 108 valence electrons. The van der Waals surface area contributed by atoms with Gasteiger partial charge in [-0.2, -0.15) is 0 Å². The standard InChI is InChI=1S/C11H18N2O6/c1-11(2,3)19-10(17)13-7-5-18-9(16)12-4-6(7)8(14)15/h6-7H,4-5H2,1-3H3,(H,12,16)(H,13,17)(H,14,15). The molecule has 1 aliphatic rings. The number of carboxylic acids is 1. The van der Waals surface area contributed by atoms with Crippen LogP contribution in [0.1, 0.15) is 20.8 Å². The number of hydrogen-bond donors (Lipinski definition) is 3. The molecular weight excluding hydrogens is 256 g/mol. The topological polar surface area (TPSA) is 114 Å². The number of aliphatic carboxylic acids is 1. The maximum atomic E-state index is 11.6. The van der Waals surface area contributed by atoms with Crippen molar-refractivity contribution in [2.24, 2.45) is 5.92 Å². The Hall–Kier alpha value is -1.99. The largest absolute Gasteiger partial charge is 0.481 e. The average Bonchev–Trinajstić information content (AvgIpc) is 2.38. The van der Waals surface area contributed by atoms with Crippen molar-refractivity contribution in [1.82, 2.24) is 10.6 Å². The first-order valence-electron chi connectivity index (χ1n) is 5.82. The smallest absolute Gasteiger partial charge is 0.408 e. The molecule has 0 aliphatic carbocycles. The van der Waals surface area contributed by atoms with Gasteiger partial charge in [-0.3, -0.25) is 4.79 Å². The van der Waals surface area contributed by atoms with E-state index in [1.54, 1.807) is 20.8 Å². The van der Waals surface area contributed by atoms with Crippen molar-refractivity contribution in [3.05, 3.63) is 0 Å². The van der Waals surface area contributed by atoms with Gasteiger partial charge in [-0.15, -0.1) is 0 Å². The zero-order valence-corrected chi connectivity index (χ0v) is 11.1. The molecule has 1 heterocycles. The molecule has 1 fully saturated rings. The fourth-order valence-corrected chi connectivity index (χ4v) is 1.53. The van der Waals surface area contributed by atoms with Crippen LogP contribution in [0.25, 0.3) is 0 Å². The molecular formula is C11H18N2O6. The summed E-state index contributed by atoms with van der Waals surface area (Å²) < 4.78 is 9.78. The highest BCUT2D eigenvalue weighted by molar-refractivity contribution is 5.76. The summed E-state index contributed by atoms with van der Waals surface area (Å²) in [6.45, 7) is 4.73. The second-order valence-electron chi connectivity index (χ2n) is 5.18. The first-order valence-corrected chi connectivity index (χ1v) is 5.82. The Bertz CT molecular complexity index is 376. The van der Waals surface area contributed by atoms with Gasteiger partial charge in [0.05, 0.1) is 12.0 Å². The molecule has 1 aliphatic heterocycles. The van der Waals surface area contributed by atoms with Gasteiger partial charge >= 0.3 is 18.2 Å². The van der Waals surface area contributed by atoms with Crippen molar-refractivity contribution in [2.45, 2.75) is 32.4 Å². The summed E-state index contributed by atoms with van der Waals surface area (Å²) in [6.07, 6.45) is -1.46. The van der Waals surface area contributed by atoms with Crippen LogP contribution in [0.4, 0.5) is 9.59 Å². The van der Waals surface area contributed by atoms with Crippen molar-refractivity contribution in [2.75, 3.05) is 13.2 Å². The zero-order chi connectivity index (χ0) is 14.6. The third-order valence-corrected chi connectivity index (χ3v) is 2.37. The summed E-state index contributed by atoms with van der Waals surface area (Å²) in [6, 6.07) is -0.841. The van der Waals surface area contributed by atoms with Crippen LogP contribution < -0.4 is 10.6 Å². The molecule has 0 bridgehead atoms. The van der Waals surface area contributed by atoms with Crippen LogP contribution in [0.3, 0.4) is 0 Å². The summed E-state index contributed by atoms with van der Waals surface area (Å²) in [5, 5.41) is 13.8. The van der Waals surface area contributed by atoms with E-state index in [2.05, 4.69) is 10.6 Å². The number of cyclic esters (lactones) is 1. The van der Waals surface area contributed by atoms with Gasteiger partial charge < -0.3 is 25.2 Å². The molecule has 2 atom stereocenters. The Morgan fingerprint density at radius 2 is 2.11 bits per heavy atom. The van der Waals surface area contributed by atoms with E-state index in [0.717, 1.165) is 0 Å². The number of alkyl carbamates (subject to hydrolysis) is 2. The first-order chi connectivity index (χ1) is 8.69. The van der Waals surface area contributed by atoms with Crippen molar-refractivity contribution in [1.29, 1.82) is 0 Å². The van der Waals surface area contributed by atoms with Crippen LogP contribution in [0.5, 0.6) is 0 Å². The Morgan fingerprint density at radius 1 is 1.47 bits per heavy atom. The number of nitrogens with one attached hydrogen (secondary N) is 2. The second-order valence-corrected chi connectivity index (χ2v) is 5.18. The molecule has 0 aromatic carbocycles. The predicted molar refractivity (Wildman–Crippen MR) is 63.6 cm³/mol. The van der Waals surface area contributed by atoms with Gasteiger partial charge in [0.2, 0.25) is 0 Å². The molecule has 0 aromatic heterocycles. The van der Waals surface area contributed by atoms with Crippen LogP contribution in [0.15, 0.2) is 0 Å². The van der Waals surface area contributed by atoms with Crippen molar-refractivity contribution in [3.63, 3.8) is 0 Å². The van der Waals surface area contributed by atoms with Gasteiger partial charge in [-0.05, 0) is 20.8 Å². The lowest BCUT2D eigenvalue weighted by atomic mass is 10.0. The van der Waals surface area contributed by atoms with E-state index in [0.29, 0.717) is 0 Å². The SMILES string of the molecule is CC(C)(C)OC(=O)NC1COC(=O)NCC1C(=O)O. The molecule has 1 saturated heterocycles. The highest BCUT2D eigenvalue weighted by Crippen LogP contribution is 2.11. The van der Waals surface area contributed by atoms with Crippen LogP contribution in [-0.4, -0.2) is 48.1 Å². The monoisotopic (exact) mass is 274 g/mol. The Morgan fingerprint density at radius 3 is 2.63 bits per heavy atom. The van der Waals surface area contributed by atoms with Gasteiger partial charge in [0.1, 0.15) is 12.2 Å². The van der Waals surface area contributed by atoms with Crippen molar-refractivity contribution in [3.8, 4) is 0 Å². The van der Waals surface area contributed by atoms with Gasteiger partial charge in [0.25, 0.3) is 0 Å². The lowest BCUT2D eigenvalue weighted by Gasteiger charge is -2.24. The molecule has 8 nitrogen and oxygen atoms in total. The van der Waals surface area contributed by atoms with Crippen LogP contribution in [-0.2, 0) is 14.3 Å². The number of rotatable bonds is 2. The Labute approximate surface area is 110 Å². The van der Waals surface area contributed by atoms with Gasteiger partial charge in [-0.1, -0.05) is 0 Å². The summed E-state index contributed by atoms with van der Waals surface area (Å²) in [5.74, 6) is -2.11.